The third kappa shape index (κ3) is 3.42. The van der Waals surface area contributed by atoms with Crippen LogP contribution < -0.4 is 5.32 Å². The van der Waals surface area contributed by atoms with Gasteiger partial charge in [0, 0.05) is 36.3 Å². The summed E-state index contributed by atoms with van der Waals surface area (Å²) in [4.78, 5) is 25.4. The molecule has 19 heavy (non-hydrogen) atoms. The van der Waals surface area contributed by atoms with Crippen LogP contribution in [0.25, 0.3) is 0 Å². The zero-order chi connectivity index (χ0) is 13.8. The molecule has 0 atom stereocenters. The third-order valence-electron chi connectivity index (χ3n) is 3.37. The van der Waals surface area contributed by atoms with E-state index in [1.807, 2.05) is 31.3 Å². The number of nitrogens with one attached hydrogen (secondary N) is 1. The molecule has 2 amide bonds. The molecule has 0 unspecified atom stereocenters. The van der Waals surface area contributed by atoms with Crippen LogP contribution in [0.15, 0.2) is 28.7 Å². The third-order valence-corrected chi connectivity index (χ3v) is 3.90. The highest BCUT2D eigenvalue weighted by Crippen LogP contribution is 2.30. The van der Waals surface area contributed by atoms with Crippen LogP contribution in [0.1, 0.15) is 24.3 Å². The van der Waals surface area contributed by atoms with E-state index in [4.69, 9.17) is 0 Å². The zero-order valence-corrected chi connectivity index (χ0v) is 12.4. The topological polar surface area (TPSA) is 49.4 Å². The van der Waals surface area contributed by atoms with Crippen LogP contribution in [0.2, 0.25) is 0 Å². The van der Waals surface area contributed by atoms with Gasteiger partial charge in [-0.05, 0) is 24.7 Å². The first-order valence-electron chi connectivity index (χ1n) is 6.35. The first-order valence-corrected chi connectivity index (χ1v) is 7.14. The van der Waals surface area contributed by atoms with Gasteiger partial charge >= 0.3 is 0 Å². The molecule has 0 aliphatic carbocycles. The lowest BCUT2D eigenvalue weighted by Gasteiger charge is -2.30. The zero-order valence-electron chi connectivity index (χ0n) is 10.9. The summed E-state index contributed by atoms with van der Waals surface area (Å²) in [6, 6.07) is 7.83. The predicted octanol–water partition coefficient (Wildman–Crippen LogP) is 1.90. The Labute approximate surface area is 121 Å². The molecular weight excluding hydrogens is 308 g/mol. The number of likely N-dealkylation sites (tertiary alicyclic amines) is 1. The fraction of sp³-hybridized carbons (Fsp3) is 0.429. The number of carbonyl (C=O) groups is 2. The SMILES string of the molecule is CNCCN1C(=O)CC(c2ccc(Br)cc2)CC1=O. The number of hydrogen-bond acceptors (Lipinski definition) is 3. The van der Waals surface area contributed by atoms with Crippen LogP contribution in [0.3, 0.4) is 0 Å². The first kappa shape index (κ1) is 14.2. The summed E-state index contributed by atoms with van der Waals surface area (Å²) in [5.74, 6) is -0.127. The maximum Gasteiger partial charge on any atom is 0.229 e. The fourth-order valence-corrected chi connectivity index (χ4v) is 2.56. The molecule has 0 aromatic heterocycles. The van der Waals surface area contributed by atoms with Gasteiger partial charge in [-0.1, -0.05) is 28.1 Å². The van der Waals surface area contributed by atoms with Gasteiger partial charge in [0.25, 0.3) is 0 Å². The normalized spacial score (nSPS) is 17.1. The van der Waals surface area contributed by atoms with Gasteiger partial charge in [0.2, 0.25) is 11.8 Å². The number of nitrogens with zero attached hydrogens (tertiary/aromatic N) is 1. The van der Waals surface area contributed by atoms with Crippen molar-refractivity contribution in [2.24, 2.45) is 0 Å². The Balaban J connectivity index is 2.06. The second-order valence-electron chi connectivity index (χ2n) is 4.70. The van der Waals surface area contributed by atoms with Crippen molar-refractivity contribution in [3.05, 3.63) is 34.3 Å². The molecule has 1 fully saturated rings. The molecule has 1 N–H and O–H groups in total. The van der Waals surface area contributed by atoms with Gasteiger partial charge in [-0.2, -0.15) is 0 Å². The van der Waals surface area contributed by atoms with Gasteiger partial charge in [0.05, 0.1) is 0 Å². The summed E-state index contributed by atoms with van der Waals surface area (Å²) in [6.07, 6.45) is 0.828. The Morgan fingerprint density at radius 3 is 2.32 bits per heavy atom. The molecule has 0 radical (unpaired) electrons. The Hall–Kier alpha value is -1.20. The van der Waals surface area contributed by atoms with Crippen molar-refractivity contribution < 1.29 is 9.59 Å². The summed E-state index contributed by atoms with van der Waals surface area (Å²) in [5.41, 5.74) is 1.05. The van der Waals surface area contributed by atoms with E-state index in [-0.39, 0.29) is 17.7 Å². The first-order chi connectivity index (χ1) is 9.11. The lowest BCUT2D eigenvalue weighted by molar-refractivity contribution is -0.148. The Kier molecular flexibility index (Phi) is 4.71. The largest absolute Gasteiger partial charge is 0.318 e. The smallest absolute Gasteiger partial charge is 0.229 e. The summed E-state index contributed by atoms with van der Waals surface area (Å²) >= 11 is 3.38. The number of hydrogen-bond donors (Lipinski definition) is 1. The van der Waals surface area contributed by atoms with E-state index in [2.05, 4.69) is 21.2 Å². The van der Waals surface area contributed by atoms with Crippen molar-refractivity contribution in [1.82, 2.24) is 10.2 Å². The molecular formula is C14H17BrN2O2. The summed E-state index contributed by atoms with van der Waals surface area (Å²) < 4.78 is 1.00. The van der Waals surface area contributed by atoms with Gasteiger partial charge in [0.15, 0.2) is 0 Å². The Morgan fingerprint density at radius 1 is 1.21 bits per heavy atom. The van der Waals surface area contributed by atoms with Gasteiger partial charge in [0.1, 0.15) is 0 Å². The number of piperidine rings is 1. The molecule has 0 saturated carbocycles. The average molecular weight is 325 g/mol. The molecule has 102 valence electrons. The summed E-state index contributed by atoms with van der Waals surface area (Å²) in [7, 11) is 1.81. The van der Waals surface area contributed by atoms with Crippen molar-refractivity contribution >= 4 is 27.7 Å². The second-order valence-corrected chi connectivity index (χ2v) is 5.62. The highest BCUT2D eigenvalue weighted by molar-refractivity contribution is 9.10. The molecule has 0 spiro atoms. The van der Waals surface area contributed by atoms with Gasteiger partial charge in [-0.25, -0.2) is 0 Å². The molecule has 2 rings (SSSR count). The summed E-state index contributed by atoms with van der Waals surface area (Å²) in [6.45, 7) is 1.10. The standard InChI is InChI=1S/C14H17BrN2O2/c1-16-6-7-17-13(18)8-11(9-14(17)19)10-2-4-12(15)5-3-10/h2-5,11,16H,6-9H2,1H3. The number of amides is 2. The van der Waals surface area contributed by atoms with E-state index in [0.29, 0.717) is 25.9 Å². The van der Waals surface area contributed by atoms with Crippen molar-refractivity contribution in [1.29, 1.82) is 0 Å². The van der Waals surface area contributed by atoms with Crippen LogP contribution in [-0.2, 0) is 9.59 Å². The molecule has 1 aromatic rings. The van der Waals surface area contributed by atoms with E-state index in [9.17, 15) is 9.59 Å². The molecule has 0 bridgehead atoms. The van der Waals surface area contributed by atoms with E-state index in [1.165, 1.54) is 4.90 Å². The minimum absolute atomic E-state index is 0.0129. The number of benzene rings is 1. The monoisotopic (exact) mass is 324 g/mol. The quantitative estimate of drug-likeness (QED) is 0.860. The van der Waals surface area contributed by atoms with Crippen LogP contribution in [0.4, 0.5) is 0 Å². The highest BCUT2D eigenvalue weighted by atomic mass is 79.9. The molecule has 1 saturated heterocycles. The number of imide groups is 1. The van der Waals surface area contributed by atoms with E-state index < -0.39 is 0 Å². The minimum atomic E-state index is -0.0700. The molecule has 1 aliphatic heterocycles. The number of likely N-dealkylation sites (N-methyl/N-ethyl adjacent to an activating group) is 1. The van der Waals surface area contributed by atoms with Crippen molar-refractivity contribution in [3.63, 3.8) is 0 Å². The molecule has 1 aromatic carbocycles. The second kappa shape index (κ2) is 6.30. The maximum absolute atomic E-state index is 12.0. The van der Waals surface area contributed by atoms with Gasteiger partial charge in [-0.3, -0.25) is 14.5 Å². The lowest BCUT2D eigenvalue weighted by atomic mass is 9.88. The molecule has 4 nitrogen and oxygen atoms in total. The average Bonchev–Trinajstić information content (AvgIpc) is 2.38. The maximum atomic E-state index is 12.0. The van der Waals surface area contributed by atoms with Crippen molar-refractivity contribution in [3.8, 4) is 0 Å². The van der Waals surface area contributed by atoms with E-state index in [1.54, 1.807) is 0 Å². The predicted molar refractivity (Wildman–Crippen MR) is 76.8 cm³/mol. The Morgan fingerprint density at radius 2 is 1.79 bits per heavy atom. The van der Waals surface area contributed by atoms with Gasteiger partial charge < -0.3 is 5.32 Å². The minimum Gasteiger partial charge on any atom is -0.318 e. The number of halogens is 1. The van der Waals surface area contributed by atoms with Gasteiger partial charge in [-0.15, -0.1) is 0 Å². The lowest BCUT2D eigenvalue weighted by Crippen LogP contribution is -2.45. The van der Waals surface area contributed by atoms with Crippen molar-refractivity contribution in [2.45, 2.75) is 18.8 Å². The summed E-state index contributed by atoms with van der Waals surface area (Å²) in [5, 5.41) is 2.95. The molecule has 1 heterocycles. The van der Waals surface area contributed by atoms with Crippen LogP contribution in [0, 0.1) is 0 Å². The van der Waals surface area contributed by atoms with E-state index in [0.717, 1.165) is 10.0 Å². The molecule has 5 heteroatoms. The van der Waals surface area contributed by atoms with Crippen molar-refractivity contribution in [2.75, 3.05) is 20.1 Å². The van der Waals surface area contributed by atoms with Crippen LogP contribution in [0.5, 0.6) is 0 Å². The number of carbonyl (C=O) groups excluding carboxylic acids is 2. The fourth-order valence-electron chi connectivity index (χ4n) is 2.30. The Bertz CT molecular complexity index is 455. The molecule has 1 aliphatic rings. The van der Waals surface area contributed by atoms with Crippen LogP contribution >= 0.6 is 15.9 Å². The van der Waals surface area contributed by atoms with E-state index >= 15 is 0 Å². The van der Waals surface area contributed by atoms with Crippen LogP contribution in [-0.4, -0.2) is 36.9 Å². The number of rotatable bonds is 4. The highest BCUT2D eigenvalue weighted by Gasteiger charge is 2.32.